The maximum absolute atomic E-state index is 13.8. The van der Waals surface area contributed by atoms with Crippen molar-refractivity contribution < 1.29 is 19.1 Å². The van der Waals surface area contributed by atoms with Crippen molar-refractivity contribution in [2.45, 2.75) is 64.9 Å². The van der Waals surface area contributed by atoms with Crippen molar-refractivity contribution in [1.82, 2.24) is 15.5 Å². The molecule has 2 amide bonds. The number of aromatic amines is 1. The smallest absolute Gasteiger partial charge is 0.407 e. The number of ether oxygens (including phenoxy) is 1. The number of benzene rings is 3. The lowest BCUT2D eigenvalue weighted by Crippen LogP contribution is -2.37. The molecule has 3 aromatic carbocycles. The average Bonchev–Trinajstić information content (AvgIpc) is 3.78. The average molecular weight is 677 g/mol. The molecule has 6 rings (SSSR count). The van der Waals surface area contributed by atoms with E-state index in [0.717, 1.165) is 58.8 Å². The third kappa shape index (κ3) is 8.60. The molecule has 1 aliphatic carbocycles. The minimum Gasteiger partial charge on any atom is -0.444 e. The quantitative estimate of drug-likeness (QED) is 0.132. The Balaban J connectivity index is 1.12. The highest BCUT2D eigenvalue weighted by Crippen LogP contribution is 2.33. The van der Waals surface area contributed by atoms with Crippen molar-refractivity contribution in [3.05, 3.63) is 77.9 Å². The van der Waals surface area contributed by atoms with Crippen molar-refractivity contribution in [3.63, 3.8) is 0 Å². The standard InChI is InChI=1S/C38H44N8O4/c1-38(2,3)50-37(49)40-21-24-9-13-26(14-10-24)32(47)20-28(36(48)43-29-17-15-27(16-18-29)35-41-22-42-46-35)19-23-7-11-25(12-8-23)30-5-4-6-31-33(30)34(39)45-44-31/h4-8,11-12,15-18,24,26,28H,9-10,13-14,19-22H2,1-3H3,(H,40,49)(H,43,48)(H3,39,44,45)/t24?,26?,28-/m1/s1. The number of rotatable bonds is 11. The Morgan fingerprint density at radius 1 is 0.960 bits per heavy atom. The summed E-state index contributed by atoms with van der Waals surface area (Å²) in [6.45, 7) is 6.35. The first-order valence-corrected chi connectivity index (χ1v) is 17.2. The van der Waals surface area contributed by atoms with Crippen LogP contribution in [0.4, 0.5) is 16.3 Å². The number of amides is 2. The number of nitrogens with one attached hydrogen (secondary N) is 3. The van der Waals surface area contributed by atoms with Crippen molar-refractivity contribution in [3.8, 4) is 11.1 Å². The van der Waals surface area contributed by atoms with E-state index in [-0.39, 0.29) is 29.9 Å². The number of anilines is 2. The number of aliphatic imine (C=N–C) groups is 1. The Kier molecular flexibility index (Phi) is 10.4. The number of alkyl carbamates (subject to hydrolysis) is 1. The fourth-order valence-electron chi connectivity index (χ4n) is 6.67. The molecule has 1 atom stereocenters. The number of carbonyl (C=O) groups excluding carboxylic acids is 3. The van der Waals surface area contributed by atoms with Gasteiger partial charge in [0.25, 0.3) is 0 Å². The lowest BCUT2D eigenvalue weighted by Gasteiger charge is -2.29. The number of azo groups is 1. The monoisotopic (exact) mass is 676 g/mol. The second-order valence-corrected chi connectivity index (χ2v) is 14.1. The number of nitrogen functional groups attached to an aromatic ring is 1. The molecule has 12 heteroatoms. The second-order valence-electron chi connectivity index (χ2n) is 14.1. The molecule has 1 fully saturated rings. The van der Waals surface area contributed by atoms with Crippen molar-refractivity contribution in [2.75, 3.05) is 24.3 Å². The molecule has 0 unspecified atom stereocenters. The highest BCUT2D eigenvalue weighted by molar-refractivity contribution is 6.02. The topological polar surface area (TPSA) is 176 Å². The molecule has 0 spiro atoms. The second kappa shape index (κ2) is 15.0. The van der Waals surface area contributed by atoms with E-state index in [1.54, 1.807) is 0 Å². The van der Waals surface area contributed by atoms with Gasteiger partial charge in [-0.2, -0.15) is 10.2 Å². The number of nitrogens with zero attached hydrogens (tertiary/aromatic N) is 4. The van der Waals surface area contributed by atoms with E-state index in [0.29, 0.717) is 37.0 Å². The van der Waals surface area contributed by atoms with Gasteiger partial charge in [-0.25, -0.2) is 9.79 Å². The van der Waals surface area contributed by atoms with Crippen LogP contribution in [0.25, 0.3) is 22.0 Å². The van der Waals surface area contributed by atoms with Gasteiger partial charge in [-0.3, -0.25) is 14.7 Å². The number of carbonyl (C=O) groups is 3. The Bertz CT molecular complexity index is 1900. The van der Waals surface area contributed by atoms with Gasteiger partial charge in [0.2, 0.25) is 5.91 Å². The molecule has 0 saturated heterocycles. The summed E-state index contributed by atoms with van der Waals surface area (Å²) in [5, 5.41) is 21.8. The highest BCUT2D eigenvalue weighted by Gasteiger charge is 2.31. The van der Waals surface area contributed by atoms with E-state index in [1.807, 2.05) is 87.5 Å². The zero-order valence-electron chi connectivity index (χ0n) is 28.7. The molecule has 50 heavy (non-hydrogen) atoms. The molecule has 12 nitrogen and oxygen atoms in total. The molecule has 2 aliphatic rings. The normalized spacial score (nSPS) is 18.0. The summed E-state index contributed by atoms with van der Waals surface area (Å²) in [7, 11) is 0. The van der Waals surface area contributed by atoms with Gasteiger partial charge < -0.3 is 21.1 Å². The summed E-state index contributed by atoms with van der Waals surface area (Å²) in [6.07, 6.45) is 3.24. The first-order valence-electron chi connectivity index (χ1n) is 17.2. The van der Waals surface area contributed by atoms with Gasteiger partial charge in [-0.15, -0.1) is 5.11 Å². The van der Waals surface area contributed by atoms with E-state index >= 15 is 0 Å². The van der Waals surface area contributed by atoms with Gasteiger partial charge in [0.15, 0.2) is 18.3 Å². The summed E-state index contributed by atoms with van der Waals surface area (Å²) in [4.78, 5) is 43.9. The lowest BCUT2D eigenvalue weighted by molar-refractivity contribution is -0.129. The van der Waals surface area contributed by atoms with Crippen LogP contribution in [0, 0.1) is 17.8 Å². The van der Waals surface area contributed by atoms with Gasteiger partial charge in [0.1, 0.15) is 11.4 Å². The van der Waals surface area contributed by atoms with Crippen LogP contribution < -0.4 is 16.4 Å². The number of H-pyrrole nitrogens is 1. The molecular weight excluding hydrogens is 632 g/mol. The molecule has 4 aromatic rings. The van der Waals surface area contributed by atoms with Crippen LogP contribution in [-0.4, -0.2) is 52.6 Å². The molecule has 0 bridgehead atoms. The number of amidine groups is 1. The minimum atomic E-state index is -0.569. The van der Waals surface area contributed by atoms with Gasteiger partial charge in [0, 0.05) is 36.1 Å². The minimum absolute atomic E-state index is 0.0994. The third-order valence-electron chi connectivity index (χ3n) is 9.28. The molecule has 1 aromatic heterocycles. The van der Waals surface area contributed by atoms with E-state index in [4.69, 9.17) is 10.5 Å². The molecule has 260 valence electrons. The predicted molar refractivity (Wildman–Crippen MR) is 194 cm³/mol. The summed E-state index contributed by atoms with van der Waals surface area (Å²) < 4.78 is 5.36. The first-order chi connectivity index (χ1) is 24.0. The van der Waals surface area contributed by atoms with E-state index in [9.17, 15) is 14.4 Å². The molecule has 0 radical (unpaired) electrons. The van der Waals surface area contributed by atoms with Gasteiger partial charge in [-0.05, 0) is 106 Å². The fourth-order valence-corrected chi connectivity index (χ4v) is 6.67. The van der Waals surface area contributed by atoms with Crippen LogP contribution in [0.15, 0.2) is 82.0 Å². The Morgan fingerprint density at radius 3 is 2.36 bits per heavy atom. The largest absolute Gasteiger partial charge is 0.444 e. The Labute approximate surface area is 291 Å². The number of hydrogen-bond donors (Lipinski definition) is 4. The van der Waals surface area contributed by atoms with Crippen molar-refractivity contribution in [2.24, 2.45) is 33.0 Å². The predicted octanol–water partition coefficient (Wildman–Crippen LogP) is 7.07. The van der Waals surface area contributed by atoms with Crippen LogP contribution in [0.1, 0.15) is 64.0 Å². The molecule has 5 N–H and O–H groups in total. The van der Waals surface area contributed by atoms with Crippen LogP contribution in [-0.2, 0) is 20.7 Å². The summed E-state index contributed by atoms with van der Waals surface area (Å²) in [5.41, 5.74) is 10.8. The van der Waals surface area contributed by atoms with Crippen molar-refractivity contribution >= 4 is 46.0 Å². The summed E-state index contributed by atoms with van der Waals surface area (Å²) >= 11 is 0. The van der Waals surface area contributed by atoms with Gasteiger partial charge in [0.05, 0.1) is 10.9 Å². The number of aromatic nitrogens is 2. The number of nitrogens with two attached hydrogens (primary N) is 1. The van der Waals surface area contributed by atoms with Crippen LogP contribution in [0.5, 0.6) is 0 Å². The SMILES string of the molecule is CC(C)(C)OC(=O)NCC1CCC(C(=O)C[C@@H](Cc2ccc(-c3cccc4[nH]nc(N)c34)cc2)C(=O)Nc2ccc(C3=NCN=N3)cc2)CC1. The summed E-state index contributed by atoms with van der Waals surface area (Å²) in [6, 6.07) is 21.3. The fraction of sp³-hybridized carbons (Fsp3) is 0.395. The van der Waals surface area contributed by atoms with Crippen LogP contribution in [0.2, 0.25) is 0 Å². The zero-order valence-corrected chi connectivity index (χ0v) is 28.7. The maximum Gasteiger partial charge on any atom is 0.407 e. The number of ketones is 1. The lowest BCUT2D eigenvalue weighted by atomic mass is 9.77. The maximum atomic E-state index is 13.8. The number of fused-ring (bicyclic) bond motifs is 1. The first kappa shape index (κ1) is 34.5. The molecule has 1 aliphatic heterocycles. The van der Waals surface area contributed by atoms with Crippen LogP contribution in [0.3, 0.4) is 0 Å². The zero-order chi connectivity index (χ0) is 35.3. The van der Waals surface area contributed by atoms with E-state index in [1.165, 1.54) is 0 Å². The van der Waals surface area contributed by atoms with Crippen LogP contribution >= 0.6 is 0 Å². The molecular formula is C38H44N8O4. The Hall–Kier alpha value is -5.39. The Morgan fingerprint density at radius 2 is 1.68 bits per heavy atom. The summed E-state index contributed by atoms with van der Waals surface area (Å²) in [5.74, 6) is 0.495. The number of hydrogen-bond acceptors (Lipinski definition) is 9. The van der Waals surface area contributed by atoms with Gasteiger partial charge in [-0.1, -0.05) is 36.4 Å². The van der Waals surface area contributed by atoms with Crippen molar-refractivity contribution in [1.29, 1.82) is 0 Å². The highest BCUT2D eigenvalue weighted by atomic mass is 16.6. The number of Topliss-reactive ketones (excluding diaryl/α,β-unsaturated/α-hetero) is 1. The molecule has 1 saturated carbocycles. The third-order valence-corrected chi connectivity index (χ3v) is 9.28. The van der Waals surface area contributed by atoms with E-state index < -0.39 is 17.6 Å². The van der Waals surface area contributed by atoms with E-state index in [2.05, 4.69) is 36.1 Å². The molecule has 2 heterocycles. The van der Waals surface area contributed by atoms with Gasteiger partial charge >= 0.3 is 6.09 Å².